The number of nitrogens with one attached hydrogen (secondary N) is 1. The second kappa shape index (κ2) is 9.01. The Morgan fingerprint density at radius 1 is 0.800 bits per heavy atom. The Morgan fingerprint density at radius 3 is 2.13 bits per heavy atom. The molecule has 0 aliphatic carbocycles. The third kappa shape index (κ3) is 4.52. The Bertz CT molecular complexity index is 1160. The van der Waals surface area contributed by atoms with Crippen molar-refractivity contribution in [3.63, 3.8) is 0 Å². The minimum absolute atomic E-state index is 0.429. The van der Waals surface area contributed by atoms with E-state index in [0.717, 1.165) is 33.8 Å². The first-order valence-electron chi connectivity index (χ1n) is 9.66. The highest BCUT2D eigenvalue weighted by Gasteiger charge is 2.08. The van der Waals surface area contributed by atoms with E-state index < -0.39 is 0 Å². The predicted molar refractivity (Wildman–Crippen MR) is 122 cm³/mol. The van der Waals surface area contributed by atoms with Crippen LogP contribution in [0.15, 0.2) is 90.0 Å². The SMILES string of the molecule is COc1ccccc1/C=N/Nc1nc(-c2ccccc2)cc(-c2ccc(C)cc2)n1. The zero-order valence-corrected chi connectivity index (χ0v) is 16.9. The second-order valence-electron chi connectivity index (χ2n) is 6.81. The van der Waals surface area contributed by atoms with Gasteiger partial charge in [0.15, 0.2) is 0 Å². The Labute approximate surface area is 176 Å². The summed E-state index contributed by atoms with van der Waals surface area (Å²) < 4.78 is 5.36. The zero-order valence-electron chi connectivity index (χ0n) is 16.9. The number of methoxy groups -OCH3 is 1. The molecule has 148 valence electrons. The van der Waals surface area contributed by atoms with Gasteiger partial charge in [-0.2, -0.15) is 5.10 Å². The molecule has 0 radical (unpaired) electrons. The normalized spacial score (nSPS) is 10.9. The van der Waals surface area contributed by atoms with Gasteiger partial charge in [-0.25, -0.2) is 15.4 Å². The molecule has 0 saturated carbocycles. The van der Waals surface area contributed by atoms with Gasteiger partial charge in [-0.15, -0.1) is 0 Å². The molecule has 30 heavy (non-hydrogen) atoms. The van der Waals surface area contributed by atoms with E-state index >= 15 is 0 Å². The Hall–Kier alpha value is -3.99. The summed E-state index contributed by atoms with van der Waals surface area (Å²) in [7, 11) is 1.64. The monoisotopic (exact) mass is 394 g/mol. The lowest BCUT2D eigenvalue weighted by Gasteiger charge is -2.09. The van der Waals surface area contributed by atoms with E-state index in [9.17, 15) is 0 Å². The number of ether oxygens (including phenoxy) is 1. The highest BCUT2D eigenvalue weighted by molar-refractivity contribution is 5.84. The van der Waals surface area contributed by atoms with Crippen molar-refractivity contribution in [2.75, 3.05) is 12.5 Å². The maximum Gasteiger partial charge on any atom is 0.244 e. The number of nitrogens with zero attached hydrogens (tertiary/aromatic N) is 3. The Kier molecular flexibility index (Phi) is 5.80. The largest absolute Gasteiger partial charge is 0.496 e. The molecular formula is C25H22N4O. The zero-order chi connectivity index (χ0) is 20.8. The molecule has 0 saturated heterocycles. The number of para-hydroxylation sites is 1. The van der Waals surface area contributed by atoms with E-state index in [4.69, 9.17) is 4.74 Å². The summed E-state index contributed by atoms with van der Waals surface area (Å²) in [4.78, 5) is 9.32. The third-order valence-electron chi connectivity index (χ3n) is 4.65. The number of aryl methyl sites for hydroxylation is 1. The first-order valence-corrected chi connectivity index (χ1v) is 9.66. The van der Waals surface area contributed by atoms with E-state index in [1.54, 1.807) is 13.3 Å². The smallest absolute Gasteiger partial charge is 0.244 e. The summed E-state index contributed by atoms with van der Waals surface area (Å²) in [5.41, 5.74) is 8.74. The first-order chi connectivity index (χ1) is 14.7. The van der Waals surface area contributed by atoms with Crippen LogP contribution >= 0.6 is 0 Å². The standard InChI is InChI=1S/C25H22N4O/c1-18-12-14-20(15-13-18)23-16-22(19-8-4-3-5-9-19)27-25(28-23)29-26-17-21-10-6-7-11-24(21)30-2/h3-17H,1-2H3,(H,27,28,29)/b26-17+. The van der Waals surface area contributed by atoms with Crippen LogP contribution in [0.25, 0.3) is 22.5 Å². The van der Waals surface area contributed by atoms with E-state index in [0.29, 0.717) is 5.95 Å². The van der Waals surface area contributed by atoms with Gasteiger partial charge >= 0.3 is 0 Å². The van der Waals surface area contributed by atoms with Gasteiger partial charge in [-0.1, -0.05) is 72.3 Å². The summed E-state index contributed by atoms with van der Waals surface area (Å²) in [6.45, 7) is 2.07. The number of hydrazone groups is 1. The van der Waals surface area contributed by atoms with Gasteiger partial charge in [-0.05, 0) is 25.1 Å². The number of benzene rings is 3. The molecule has 0 aliphatic heterocycles. The fourth-order valence-corrected chi connectivity index (χ4v) is 3.06. The Balaban J connectivity index is 1.68. The third-order valence-corrected chi connectivity index (χ3v) is 4.65. The van der Waals surface area contributed by atoms with Gasteiger partial charge in [0.05, 0.1) is 24.7 Å². The van der Waals surface area contributed by atoms with Gasteiger partial charge in [0.2, 0.25) is 5.95 Å². The van der Waals surface area contributed by atoms with Crippen molar-refractivity contribution in [2.45, 2.75) is 6.92 Å². The van der Waals surface area contributed by atoms with Crippen LogP contribution in [0.1, 0.15) is 11.1 Å². The van der Waals surface area contributed by atoms with Gasteiger partial charge in [0, 0.05) is 16.7 Å². The lowest BCUT2D eigenvalue weighted by Crippen LogP contribution is -2.00. The van der Waals surface area contributed by atoms with Crippen LogP contribution in [-0.2, 0) is 0 Å². The highest BCUT2D eigenvalue weighted by Crippen LogP contribution is 2.25. The van der Waals surface area contributed by atoms with Crippen molar-refractivity contribution in [1.82, 2.24) is 9.97 Å². The minimum atomic E-state index is 0.429. The second-order valence-corrected chi connectivity index (χ2v) is 6.81. The number of anilines is 1. The molecule has 3 aromatic carbocycles. The van der Waals surface area contributed by atoms with Crippen LogP contribution in [-0.4, -0.2) is 23.3 Å². The molecule has 0 aliphatic rings. The molecule has 1 aromatic heterocycles. The van der Waals surface area contributed by atoms with Crippen molar-refractivity contribution in [3.8, 4) is 28.3 Å². The molecule has 1 heterocycles. The van der Waals surface area contributed by atoms with Gasteiger partial charge < -0.3 is 4.74 Å². The van der Waals surface area contributed by atoms with E-state index in [1.807, 2.05) is 60.7 Å². The maximum atomic E-state index is 5.36. The fourth-order valence-electron chi connectivity index (χ4n) is 3.06. The lowest BCUT2D eigenvalue weighted by atomic mass is 10.1. The number of rotatable bonds is 6. The van der Waals surface area contributed by atoms with E-state index in [-0.39, 0.29) is 0 Å². The summed E-state index contributed by atoms with van der Waals surface area (Å²) in [6, 6.07) is 28.0. The van der Waals surface area contributed by atoms with Crippen LogP contribution in [0, 0.1) is 6.92 Å². The molecule has 0 bridgehead atoms. The summed E-state index contributed by atoms with van der Waals surface area (Å²) in [5, 5.41) is 4.32. The molecule has 0 amide bonds. The minimum Gasteiger partial charge on any atom is -0.496 e. The number of hydrogen-bond donors (Lipinski definition) is 1. The van der Waals surface area contributed by atoms with Gasteiger partial charge in [0.25, 0.3) is 0 Å². The van der Waals surface area contributed by atoms with Gasteiger partial charge in [0.1, 0.15) is 5.75 Å². The number of aromatic nitrogens is 2. The molecule has 0 unspecified atom stereocenters. The van der Waals surface area contributed by atoms with Crippen molar-refractivity contribution < 1.29 is 4.74 Å². The Morgan fingerprint density at radius 2 is 1.43 bits per heavy atom. The van der Waals surface area contributed by atoms with Gasteiger partial charge in [-0.3, -0.25) is 0 Å². The molecule has 4 aromatic rings. The molecule has 0 atom stereocenters. The molecule has 5 heteroatoms. The predicted octanol–water partition coefficient (Wildman–Crippen LogP) is 5.57. The fraction of sp³-hybridized carbons (Fsp3) is 0.0800. The molecule has 1 N–H and O–H groups in total. The topological polar surface area (TPSA) is 59.4 Å². The van der Waals surface area contributed by atoms with Crippen molar-refractivity contribution in [2.24, 2.45) is 5.10 Å². The van der Waals surface area contributed by atoms with E-state index in [2.05, 4.69) is 51.7 Å². The van der Waals surface area contributed by atoms with E-state index in [1.165, 1.54) is 5.56 Å². The maximum absolute atomic E-state index is 5.36. The molecular weight excluding hydrogens is 372 g/mol. The average molecular weight is 394 g/mol. The van der Waals surface area contributed by atoms with Crippen molar-refractivity contribution in [3.05, 3.63) is 96.1 Å². The summed E-state index contributed by atoms with van der Waals surface area (Å²) >= 11 is 0. The summed E-state index contributed by atoms with van der Waals surface area (Å²) in [5.74, 6) is 1.18. The average Bonchev–Trinajstić information content (AvgIpc) is 2.80. The number of hydrogen-bond acceptors (Lipinski definition) is 5. The summed E-state index contributed by atoms with van der Waals surface area (Å²) in [6.07, 6.45) is 1.70. The molecule has 0 spiro atoms. The lowest BCUT2D eigenvalue weighted by molar-refractivity contribution is 0.414. The van der Waals surface area contributed by atoms with Crippen molar-refractivity contribution in [1.29, 1.82) is 0 Å². The highest BCUT2D eigenvalue weighted by atomic mass is 16.5. The molecule has 4 rings (SSSR count). The van der Waals surface area contributed by atoms with Crippen LogP contribution in [0.2, 0.25) is 0 Å². The molecule has 5 nitrogen and oxygen atoms in total. The first kappa shape index (κ1) is 19.3. The van der Waals surface area contributed by atoms with Crippen LogP contribution < -0.4 is 10.2 Å². The van der Waals surface area contributed by atoms with Crippen molar-refractivity contribution >= 4 is 12.2 Å². The van der Waals surface area contributed by atoms with Crippen LogP contribution in [0.5, 0.6) is 5.75 Å². The quantitative estimate of drug-likeness (QED) is 0.343. The van der Waals surface area contributed by atoms with Crippen LogP contribution in [0.4, 0.5) is 5.95 Å². The molecule has 0 fully saturated rings. The van der Waals surface area contributed by atoms with Crippen LogP contribution in [0.3, 0.4) is 0 Å².